The lowest BCUT2D eigenvalue weighted by Gasteiger charge is -2.37. The number of quaternary nitrogens is 1. The summed E-state index contributed by atoms with van der Waals surface area (Å²) in [7, 11) is 0.732. The van der Waals surface area contributed by atoms with Crippen LogP contribution >= 0.6 is 0 Å². The Kier molecular flexibility index (Phi) is 19.8. The molecule has 0 saturated carbocycles. The predicted octanol–water partition coefficient (Wildman–Crippen LogP) is 17.7. The molecule has 4 rings (SSSR count). The van der Waals surface area contributed by atoms with Crippen molar-refractivity contribution in [2.24, 2.45) is 0 Å². The molecular weight excluding hydrogens is 1070 g/mol. The molecule has 4 aromatic carbocycles. The summed E-state index contributed by atoms with van der Waals surface area (Å²) < 4.78 is 339. The first-order chi connectivity index (χ1) is 33.3. The minimum absolute atomic E-state index is 0.0434. The van der Waals surface area contributed by atoms with Crippen molar-refractivity contribution in [1.82, 2.24) is 0 Å². The topological polar surface area (TPSA) is 27.7 Å². The second-order valence-corrected chi connectivity index (χ2v) is 17.1. The zero-order chi connectivity index (χ0) is 56.8. The minimum atomic E-state index is -5.63. The number of hydrogen-bond donors (Lipinski definition) is 0. The fourth-order valence-corrected chi connectivity index (χ4v) is 6.87. The summed E-state index contributed by atoms with van der Waals surface area (Å²) in [5, 5.41) is 0. The van der Waals surface area contributed by atoms with Gasteiger partial charge >= 0.3 is 56.7 Å². The summed E-state index contributed by atoms with van der Waals surface area (Å²) in [5.74, 6) is -4.64. The first kappa shape index (κ1) is 62.9. The van der Waals surface area contributed by atoms with E-state index in [1.807, 2.05) is 6.92 Å². The van der Waals surface area contributed by atoms with Gasteiger partial charge in [0.25, 0.3) is 0 Å². The Morgan fingerprint density at radius 1 is 0.405 bits per heavy atom. The summed E-state index contributed by atoms with van der Waals surface area (Å²) in [6.45, 7) is 1.95. The first-order valence-corrected chi connectivity index (χ1v) is 21.2. The summed E-state index contributed by atoms with van der Waals surface area (Å²) >= 11 is 0. The molecule has 414 valence electrons. The van der Waals surface area contributed by atoms with E-state index in [2.05, 4.69) is 0 Å². The third-order valence-corrected chi connectivity index (χ3v) is 10.4. The summed E-state index contributed by atoms with van der Waals surface area (Å²) in [4.78, 5) is 0. The molecule has 1 atom stereocenters. The lowest BCUT2D eigenvalue weighted by atomic mass is 9.90. The van der Waals surface area contributed by atoms with Gasteiger partial charge in [0, 0.05) is 6.42 Å². The van der Waals surface area contributed by atoms with E-state index in [4.69, 9.17) is 14.0 Å². The Hall–Kier alpha value is -5.38. The zero-order valence-electron chi connectivity index (χ0n) is 38.4. The molecule has 4 nitrogen and oxygen atoms in total. The maximum atomic E-state index is 14.8. The van der Waals surface area contributed by atoms with Crippen LogP contribution in [0.3, 0.4) is 0 Å². The van der Waals surface area contributed by atoms with Crippen LogP contribution < -0.4 is 14.0 Å². The number of alkyl halides is 24. The van der Waals surface area contributed by atoms with Gasteiger partial charge in [0.2, 0.25) is 0 Å². The molecule has 0 bridgehead atoms. The summed E-state index contributed by atoms with van der Waals surface area (Å²) in [6.07, 6.45) is -38.8. The number of nitrogens with zero attached hydrogens (tertiary/aromatic N) is 1. The average Bonchev–Trinajstić information content (AvgIpc) is 3.21. The zero-order valence-corrected chi connectivity index (χ0v) is 38.4. The quantitative estimate of drug-likeness (QED) is 0.0368. The van der Waals surface area contributed by atoms with Crippen molar-refractivity contribution in [2.45, 2.75) is 114 Å². The lowest BCUT2D eigenvalue weighted by Crippen LogP contribution is -2.42. The highest BCUT2D eigenvalue weighted by atomic mass is 19.4. The van der Waals surface area contributed by atoms with E-state index < -0.39 is 147 Å². The van der Waals surface area contributed by atoms with Crippen LogP contribution in [0, 0.1) is 6.07 Å². The third-order valence-electron chi connectivity index (χ3n) is 10.4. The highest BCUT2D eigenvalue weighted by molar-refractivity contribution is 6.39. The molecule has 74 heavy (non-hydrogen) atoms. The minimum Gasteiger partial charge on any atom is -0.490 e. The molecule has 0 amide bonds. The molecule has 4 aromatic rings. The van der Waals surface area contributed by atoms with Crippen LogP contribution in [0.4, 0.5) is 105 Å². The molecule has 1 unspecified atom stereocenters. The Bertz CT molecular complexity index is 2290. The molecule has 0 aromatic heterocycles. The van der Waals surface area contributed by atoms with Gasteiger partial charge in [-0.05, 0) is 55.0 Å². The number of rotatable bonds is 16. The Morgan fingerprint density at radius 2 is 0.730 bits per heavy atom. The Balaban J connectivity index is 0.000000886. The van der Waals surface area contributed by atoms with Crippen LogP contribution in [0.25, 0.3) is 0 Å². The van der Waals surface area contributed by atoms with Gasteiger partial charge in [0.05, 0.1) is 60.1 Å². The molecule has 0 heterocycles. The smallest absolute Gasteiger partial charge is 0.490 e. The number of halogens is 24. The molecule has 29 heteroatoms. The highest BCUT2D eigenvalue weighted by Crippen LogP contribution is 2.48. The van der Waals surface area contributed by atoms with Gasteiger partial charge in [-0.3, -0.25) is 0 Å². The van der Waals surface area contributed by atoms with Crippen molar-refractivity contribution in [2.75, 3.05) is 21.1 Å². The van der Waals surface area contributed by atoms with Gasteiger partial charge in [-0.2, -0.15) is 124 Å². The van der Waals surface area contributed by atoms with Crippen molar-refractivity contribution in [3.8, 4) is 17.2 Å². The van der Waals surface area contributed by atoms with Crippen molar-refractivity contribution in [3.05, 3.63) is 123 Å². The predicted molar refractivity (Wildman–Crippen MR) is 216 cm³/mol. The van der Waals surface area contributed by atoms with Gasteiger partial charge in [-0.25, -0.2) is 0 Å². The summed E-state index contributed by atoms with van der Waals surface area (Å²) in [6, 6.07) is -0.488. The monoisotopic (exact) mass is 1110 g/mol. The van der Waals surface area contributed by atoms with Crippen LogP contribution in [0.1, 0.15) is 114 Å². The number of benzene rings is 4. The maximum Gasteiger partial charge on any atom is 0.864 e. The fraction of sp³-hybridized carbons (Fsp3) is 0.467. The molecule has 0 aliphatic heterocycles. The van der Waals surface area contributed by atoms with Crippen LogP contribution in [0.5, 0.6) is 17.2 Å². The first-order valence-electron chi connectivity index (χ1n) is 21.2. The highest BCUT2D eigenvalue weighted by Gasteiger charge is 2.47. The molecule has 0 spiro atoms. The molecule has 0 aliphatic rings. The third kappa shape index (κ3) is 18.8. The summed E-state index contributed by atoms with van der Waals surface area (Å²) in [5.41, 5.74) is -16.2. The molecule has 0 radical (unpaired) electrons. The standard InChI is InChI=1S/C37H37BF18NO3.C8H3F6/c1-5-6-7-8-9-10-11-12-29(57(2,3)4)31-28(37(54,55)56)19-25(36(51,52)53)20-30(31)60-38(58-26-15-21(32(39,40)41)13-22(16-26)33(42,43)44)59-27-17-23(34(45,46)47)14-24(18-27)35(48,49)50;9-7(10,11)5-2-1-3-6(4-5)8(12,13)14/h13-20,29H,5-12H2,1-4H3;2-4H/q+1;-1. The van der Waals surface area contributed by atoms with E-state index in [0.29, 0.717) is 25.0 Å². The average molecular weight is 1110 g/mol. The van der Waals surface area contributed by atoms with E-state index in [-0.39, 0.29) is 55.3 Å². The Labute approximate surface area is 405 Å². The van der Waals surface area contributed by atoms with E-state index in [9.17, 15) is 105 Å². The normalized spacial score (nSPS) is 13.8. The molecule has 0 saturated heterocycles. The number of unbranched alkanes of at least 4 members (excludes halogenated alkanes) is 6. The van der Waals surface area contributed by atoms with E-state index in [1.165, 1.54) is 21.1 Å². The fourth-order valence-electron chi connectivity index (χ4n) is 6.87. The van der Waals surface area contributed by atoms with Crippen LogP contribution in [-0.2, 0) is 49.4 Å². The van der Waals surface area contributed by atoms with E-state index >= 15 is 0 Å². The van der Waals surface area contributed by atoms with Crippen molar-refractivity contribution >= 4 is 7.32 Å². The van der Waals surface area contributed by atoms with Crippen molar-refractivity contribution in [1.29, 1.82) is 0 Å². The maximum absolute atomic E-state index is 14.8. The molecular formula is C45H40BF24NO3. The van der Waals surface area contributed by atoms with Gasteiger partial charge < -0.3 is 18.4 Å². The molecule has 0 fully saturated rings. The van der Waals surface area contributed by atoms with Gasteiger partial charge in [-0.1, -0.05) is 56.6 Å². The SMILES string of the molecule is CCCCCCCCCC(c1c(OB(Oc2cc(C(F)(F)F)cc(C(F)(F)F)c2)Oc2cc(C(F)(F)F)cc(C(F)(F)F)c2)cc(C(F)(F)F)cc1C(F)(F)F)[N+](C)(C)C.FC(F)(F)c1c[c-]cc(C(F)(F)F)c1. The molecule has 0 N–H and O–H groups in total. The second-order valence-electron chi connectivity index (χ2n) is 17.1. The lowest BCUT2D eigenvalue weighted by molar-refractivity contribution is -0.902. The van der Waals surface area contributed by atoms with Crippen LogP contribution in [0.15, 0.2) is 66.7 Å². The van der Waals surface area contributed by atoms with Crippen molar-refractivity contribution in [3.63, 3.8) is 0 Å². The van der Waals surface area contributed by atoms with Crippen LogP contribution in [0.2, 0.25) is 0 Å². The van der Waals surface area contributed by atoms with Gasteiger partial charge in [-0.15, -0.1) is 6.07 Å². The largest absolute Gasteiger partial charge is 0.864 e. The molecule has 0 aliphatic carbocycles. The second kappa shape index (κ2) is 23.3. The Morgan fingerprint density at radius 3 is 1.05 bits per heavy atom. The van der Waals surface area contributed by atoms with Crippen LogP contribution in [-0.4, -0.2) is 32.9 Å². The van der Waals surface area contributed by atoms with Gasteiger partial charge in [0.1, 0.15) is 23.3 Å². The number of hydrogen-bond acceptors (Lipinski definition) is 3. The van der Waals surface area contributed by atoms with E-state index in [1.54, 1.807) is 6.07 Å². The van der Waals surface area contributed by atoms with Crippen molar-refractivity contribution < 1.29 is 124 Å². The van der Waals surface area contributed by atoms with Gasteiger partial charge in [0.15, 0.2) is 0 Å². The van der Waals surface area contributed by atoms with E-state index in [0.717, 1.165) is 25.7 Å².